The quantitative estimate of drug-likeness (QED) is 0.275. The smallest absolute Gasteiger partial charge is 0.322 e. The highest BCUT2D eigenvalue weighted by Gasteiger charge is 2.17. The Balaban J connectivity index is 1.63. The molecule has 0 spiro atoms. The molecule has 0 saturated heterocycles. The number of nitrogens with zero attached hydrogens (tertiary/aromatic N) is 1. The summed E-state index contributed by atoms with van der Waals surface area (Å²) in [5.74, 6) is -2.37. The molecule has 0 fully saturated rings. The fourth-order valence-corrected chi connectivity index (χ4v) is 2.86. The van der Waals surface area contributed by atoms with E-state index in [0.717, 1.165) is 4.47 Å². The lowest BCUT2D eigenvalue weighted by molar-refractivity contribution is -0.136. The van der Waals surface area contributed by atoms with E-state index in [4.69, 9.17) is 11.6 Å². The molecule has 0 bridgehead atoms. The molecule has 3 amide bonds. The molecule has 3 rings (SSSR count). The summed E-state index contributed by atoms with van der Waals surface area (Å²) in [5.41, 5.74) is 3.82. The van der Waals surface area contributed by atoms with E-state index >= 15 is 0 Å². The molecule has 3 aromatic rings. The van der Waals surface area contributed by atoms with Crippen molar-refractivity contribution in [2.75, 3.05) is 10.6 Å². The van der Waals surface area contributed by atoms with Crippen molar-refractivity contribution in [3.05, 3.63) is 93.4 Å². The number of hydrogen-bond acceptors (Lipinski definition) is 4. The number of nitrogens with one attached hydrogen (secondary N) is 3. The van der Waals surface area contributed by atoms with Gasteiger partial charge in [0.05, 0.1) is 17.5 Å². The van der Waals surface area contributed by atoms with Gasteiger partial charge < -0.3 is 10.6 Å². The van der Waals surface area contributed by atoms with Gasteiger partial charge in [0, 0.05) is 15.2 Å². The average Bonchev–Trinajstić information content (AvgIpc) is 2.77. The third-order valence-corrected chi connectivity index (χ3v) is 4.76. The van der Waals surface area contributed by atoms with Crippen LogP contribution >= 0.6 is 27.5 Å². The summed E-state index contributed by atoms with van der Waals surface area (Å²) in [6.07, 6.45) is 1.38. The molecule has 0 heterocycles. The summed E-state index contributed by atoms with van der Waals surface area (Å²) >= 11 is 9.13. The van der Waals surface area contributed by atoms with Crippen molar-refractivity contribution >= 4 is 62.8 Å². The van der Waals surface area contributed by atoms with Gasteiger partial charge in [-0.2, -0.15) is 5.10 Å². The summed E-state index contributed by atoms with van der Waals surface area (Å²) in [6, 6.07) is 20.2. The van der Waals surface area contributed by atoms with E-state index in [2.05, 4.69) is 37.1 Å². The summed E-state index contributed by atoms with van der Waals surface area (Å²) in [7, 11) is 0. The Labute approximate surface area is 191 Å². The molecule has 3 N–H and O–H groups in total. The van der Waals surface area contributed by atoms with Gasteiger partial charge in [0.2, 0.25) is 0 Å². The molecule has 156 valence electrons. The van der Waals surface area contributed by atoms with Crippen LogP contribution in [0.25, 0.3) is 0 Å². The molecule has 0 aliphatic heterocycles. The highest BCUT2D eigenvalue weighted by Crippen LogP contribution is 2.19. The molecule has 31 heavy (non-hydrogen) atoms. The average molecular weight is 500 g/mol. The lowest BCUT2D eigenvalue weighted by Crippen LogP contribution is -2.33. The maximum atomic E-state index is 12.6. The Bertz CT molecular complexity index is 1130. The predicted molar refractivity (Wildman–Crippen MR) is 124 cm³/mol. The Morgan fingerprint density at radius 1 is 0.839 bits per heavy atom. The van der Waals surface area contributed by atoms with Crippen molar-refractivity contribution in [3.63, 3.8) is 0 Å². The Morgan fingerprint density at radius 2 is 1.52 bits per heavy atom. The Morgan fingerprint density at radius 3 is 2.23 bits per heavy atom. The first-order chi connectivity index (χ1) is 14.9. The zero-order valence-electron chi connectivity index (χ0n) is 15.9. The highest BCUT2D eigenvalue weighted by molar-refractivity contribution is 9.10. The Kier molecular flexibility index (Phi) is 7.53. The molecule has 7 nitrogen and oxygen atoms in total. The SMILES string of the molecule is O=C(NN=Cc1ccc(Cl)cc1)C(=O)Nc1ccccc1C(=O)Nc1ccc(Br)cc1. The van der Waals surface area contributed by atoms with Crippen LogP contribution in [-0.2, 0) is 9.59 Å². The number of anilines is 2. The van der Waals surface area contributed by atoms with Crippen molar-refractivity contribution < 1.29 is 14.4 Å². The van der Waals surface area contributed by atoms with Crippen molar-refractivity contribution in [1.29, 1.82) is 0 Å². The number of rotatable bonds is 5. The van der Waals surface area contributed by atoms with Gasteiger partial charge in [-0.15, -0.1) is 0 Å². The molecule has 0 radical (unpaired) electrons. The lowest BCUT2D eigenvalue weighted by atomic mass is 10.1. The number of para-hydroxylation sites is 1. The number of halogens is 2. The zero-order valence-corrected chi connectivity index (χ0v) is 18.3. The van der Waals surface area contributed by atoms with E-state index in [-0.39, 0.29) is 11.3 Å². The second kappa shape index (κ2) is 10.5. The van der Waals surface area contributed by atoms with Crippen LogP contribution in [0.5, 0.6) is 0 Å². The van der Waals surface area contributed by atoms with Gasteiger partial charge in [0.25, 0.3) is 5.91 Å². The first-order valence-corrected chi connectivity index (χ1v) is 10.2. The van der Waals surface area contributed by atoms with Gasteiger partial charge in [-0.1, -0.05) is 51.8 Å². The third-order valence-electron chi connectivity index (χ3n) is 3.98. The highest BCUT2D eigenvalue weighted by atomic mass is 79.9. The van der Waals surface area contributed by atoms with E-state index in [1.54, 1.807) is 66.7 Å². The fraction of sp³-hybridized carbons (Fsp3) is 0. The second-order valence-electron chi connectivity index (χ2n) is 6.21. The van der Waals surface area contributed by atoms with E-state index in [1.807, 2.05) is 0 Å². The fourth-order valence-electron chi connectivity index (χ4n) is 2.47. The standard InChI is InChI=1S/C22H16BrClN4O3/c23-15-7-11-17(12-8-15)26-20(29)18-3-1-2-4-19(18)27-21(30)22(31)28-25-13-14-5-9-16(24)10-6-14/h1-13H,(H,26,29)(H,27,30)(H,28,31). The van der Waals surface area contributed by atoms with E-state index in [9.17, 15) is 14.4 Å². The van der Waals surface area contributed by atoms with Crippen LogP contribution in [0.15, 0.2) is 82.4 Å². The molecular weight excluding hydrogens is 484 g/mol. The minimum absolute atomic E-state index is 0.193. The van der Waals surface area contributed by atoms with Crippen molar-refractivity contribution in [2.24, 2.45) is 5.10 Å². The molecule has 0 aliphatic carbocycles. The minimum atomic E-state index is -0.978. The van der Waals surface area contributed by atoms with Crippen LogP contribution in [0.3, 0.4) is 0 Å². The molecule has 9 heteroatoms. The Hall–Kier alpha value is -3.49. The van der Waals surface area contributed by atoms with Crippen LogP contribution in [0.2, 0.25) is 5.02 Å². The first-order valence-electron chi connectivity index (χ1n) is 8.98. The van der Waals surface area contributed by atoms with Gasteiger partial charge in [-0.05, 0) is 54.1 Å². The van der Waals surface area contributed by atoms with E-state index < -0.39 is 17.7 Å². The number of benzene rings is 3. The summed E-state index contributed by atoms with van der Waals surface area (Å²) in [6.45, 7) is 0. The molecule has 3 aromatic carbocycles. The molecule has 0 aliphatic rings. The summed E-state index contributed by atoms with van der Waals surface area (Å²) in [5, 5.41) is 9.49. The monoisotopic (exact) mass is 498 g/mol. The number of hydrogen-bond donors (Lipinski definition) is 3. The topological polar surface area (TPSA) is 99.7 Å². The second-order valence-corrected chi connectivity index (χ2v) is 7.56. The number of carbonyl (C=O) groups excluding carboxylic acids is 3. The molecule has 0 aromatic heterocycles. The summed E-state index contributed by atoms with van der Waals surface area (Å²) < 4.78 is 0.878. The summed E-state index contributed by atoms with van der Waals surface area (Å²) in [4.78, 5) is 36.9. The van der Waals surface area contributed by atoms with Crippen LogP contribution < -0.4 is 16.1 Å². The molecular formula is C22H16BrClN4O3. The van der Waals surface area contributed by atoms with Crippen LogP contribution in [0.1, 0.15) is 15.9 Å². The van der Waals surface area contributed by atoms with Crippen LogP contribution in [-0.4, -0.2) is 23.9 Å². The normalized spacial score (nSPS) is 10.5. The van der Waals surface area contributed by atoms with Crippen molar-refractivity contribution in [2.45, 2.75) is 0 Å². The molecule has 0 unspecified atom stereocenters. The van der Waals surface area contributed by atoms with Gasteiger partial charge in [0.15, 0.2) is 0 Å². The first kappa shape index (κ1) is 22.2. The zero-order chi connectivity index (χ0) is 22.2. The third kappa shape index (κ3) is 6.50. The maximum Gasteiger partial charge on any atom is 0.329 e. The van der Waals surface area contributed by atoms with Crippen molar-refractivity contribution in [3.8, 4) is 0 Å². The largest absolute Gasteiger partial charge is 0.329 e. The lowest BCUT2D eigenvalue weighted by Gasteiger charge is -2.11. The van der Waals surface area contributed by atoms with Crippen LogP contribution in [0.4, 0.5) is 11.4 Å². The molecule has 0 saturated carbocycles. The van der Waals surface area contributed by atoms with Crippen molar-refractivity contribution in [1.82, 2.24) is 5.43 Å². The van der Waals surface area contributed by atoms with Crippen LogP contribution in [0, 0.1) is 0 Å². The molecule has 0 atom stereocenters. The number of hydrazone groups is 1. The number of carbonyl (C=O) groups is 3. The minimum Gasteiger partial charge on any atom is -0.322 e. The van der Waals surface area contributed by atoms with Gasteiger partial charge in [-0.25, -0.2) is 5.43 Å². The van der Waals surface area contributed by atoms with Gasteiger partial charge in [0.1, 0.15) is 0 Å². The number of amides is 3. The van der Waals surface area contributed by atoms with E-state index in [1.165, 1.54) is 12.3 Å². The van der Waals surface area contributed by atoms with Gasteiger partial charge in [-0.3, -0.25) is 14.4 Å². The maximum absolute atomic E-state index is 12.6. The predicted octanol–water partition coefficient (Wildman–Crippen LogP) is 4.44. The van der Waals surface area contributed by atoms with Gasteiger partial charge >= 0.3 is 11.8 Å². The van der Waals surface area contributed by atoms with E-state index in [0.29, 0.717) is 16.3 Å².